The molecule has 0 amide bonds. The highest BCUT2D eigenvalue weighted by Crippen LogP contribution is 2.16. The molecule has 1 N–H and O–H groups in total. The van der Waals surface area contributed by atoms with Gasteiger partial charge in [0.2, 0.25) is 0 Å². The molecule has 0 aliphatic carbocycles. The zero-order valence-electron chi connectivity index (χ0n) is 11.5. The van der Waals surface area contributed by atoms with Gasteiger partial charge < -0.3 is 15.0 Å². The number of hydrogen-bond acceptors (Lipinski definition) is 3. The number of piperidine rings is 1. The molecule has 0 radical (unpaired) electrons. The molecule has 3 nitrogen and oxygen atoms in total. The van der Waals surface area contributed by atoms with E-state index in [1.54, 1.807) is 7.11 Å². The number of likely N-dealkylation sites (tertiary alicyclic amines) is 1. The third kappa shape index (κ3) is 3.72. The fourth-order valence-corrected chi connectivity index (χ4v) is 2.52. The molecule has 3 heteroatoms. The Morgan fingerprint density at radius 3 is 2.72 bits per heavy atom. The van der Waals surface area contributed by atoms with Crippen LogP contribution >= 0.6 is 0 Å². The number of nitrogens with one attached hydrogen (secondary N) is 1. The van der Waals surface area contributed by atoms with Crippen LogP contribution < -0.4 is 5.32 Å². The van der Waals surface area contributed by atoms with Crippen molar-refractivity contribution in [1.29, 1.82) is 0 Å². The van der Waals surface area contributed by atoms with E-state index in [-0.39, 0.29) is 0 Å². The third-order valence-electron chi connectivity index (χ3n) is 3.73. The lowest BCUT2D eigenvalue weighted by Crippen LogP contribution is -2.40. The lowest BCUT2D eigenvalue weighted by Gasteiger charge is -2.32. The fourth-order valence-electron chi connectivity index (χ4n) is 2.52. The first-order valence-electron chi connectivity index (χ1n) is 6.81. The van der Waals surface area contributed by atoms with E-state index in [1.807, 2.05) is 0 Å². The summed E-state index contributed by atoms with van der Waals surface area (Å²) < 4.78 is 5.11. The second kappa shape index (κ2) is 6.76. The Hall–Kier alpha value is -1.06. The molecule has 1 saturated heterocycles. The Morgan fingerprint density at radius 1 is 1.28 bits per heavy atom. The molecule has 0 saturated carbocycles. The minimum atomic E-state index is 0.678. The fraction of sp³-hybridized carbons (Fsp3) is 0.600. The maximum absolute atomic E-state index is 5.11. The third-order valence-corrected chi connectivity index (χ3v) is 3.73. The van der Waals surface area contributed by atoms with Gasteiger partial charge in [-0.05, 0) is 44.1 Å². The van der Waals surface area contributed by atoms with Crippen LogP contribution in [0.2, 0.25) is 0 Å². The lowest BCUT2D eigenvalue weighted by atomic mass is 10.0. The summed E-state index contributed by atoms with van der Waals surface area (Å²) in [6.45, 7) is 2.96. The van der Waals surface area contributed by atoms with Gasteiger partial charge in [0.15, 0.2) is 0 Å². The summed E-state index contributed by atoms with van der Waals surface area (Å²) in [5.74, 6) is 0. The average Bonchev–Trinajstić information content (AvgIpc) is 2.40. The second-order valence-electron chi connectivity index (χ2n) is 5.14. The van der Waals surface area contributed by atoms with Crippen LogP contribution in [0.15, 0.2) is 24.3 Å². The molecule has 1 aromatic carbocycles. The summed E-state index contributed by atoms with van der Waals surface area (Å²) in [4.78, 5) is 2.47. The molecule has 1 unspecified atom stereocenters. The van der Waals surface area contributed by atoms with Gasteiger partial charge in [-0.15, -0.1) is 0 Å². The minimum absolute atomic E-state index is 0.678. The van der Waals surface area contributed by atoms with Crippen molar-refractivity contribution in [3.8, 4) is 0 Å². The van der Waals surface area contributed by atoms with Gasteiger partial charge in [0.05, 0.1) is 6.61 Å². The zero-order chi connectivity index (χ0) is 12.8. The maximum Gasteiger partial charge on any atom is 0.0713 e. The van der Waals surface area contributed by atoms with Crippen molar-refractivity contribution in [2.24, 2.45) is 0 Å². The van der Waals surface area contributed by atoms with Crippen LogP contribution in [0.5, 0.6) is 0 Å². The van der Waals surface area contributed by atoms with Gasteiger partial charge in [0.25, 0.3) is 0 Å². The topological polar surface area (TPSA) is 24.5 Å². The molecule has 100 valence electrons. The molecule has 1 fully saturated rings. The SMILES string of the molecule is COCc1ccc(NCC2CCCCN2C)cc1. The van der Waals surface area contributed by atoms with E-state index in [0.717, 1.165) is 6.54 Å². The normalized spacial score (nSPS) is 20.9. The van der Waals surface area contributed by atoms with Gasteiger partial charge in [-0.2, -0.15) is 0 Å². The van der Waals surface area contributed by atoms with Crippen molar-refractivity contribution in [1.82, 2.24) is 4.90 Å². The van der Waals surface area contributed by atoms with Crippen LogP contribution in [-0.2, 0) is 11.3 Å². The molecule has 1 atom stereocenters. The van der Waals surface area contributed by atoms with Crippen LogP contribution in [0, 0.1) is 0 Å². The molecule has 0 spiro atoms. The van der Waals surface area contributed by atoms with Gasteiger partial charge in [-0.25, -0.2) is 0 Å². The van der Waals surface area contributed by atoms with E-state index in [4.69, 9.17) is 4.74 Å². The Kier molecular flexibility index (Phi) is 5.02. The summed E-state index contributed by atoms with van der Waals surface area (Å²) in [6.07, 6.45) is 4.02. The molecule has 1 aromatic rings. The van der Waals surface area contributed by atoms with Crippen LogP contribution in [0.4, 0.5) is 5.69 Å². The smallest absolute Gasteiger partial charge is 0.0713 e. The Balaban J connectivity index is 1.82. The highest BCUT2D eigenvalue weighted by molar-refractivity contribution is 5.44. The number of hydrogen-bond donors (Lipinski definition) is 1. The first kappa shape index (κ1) is 13.4. The van der Waals surface area contributed by atoms with Crippen molar-refractivity contribution in [2.45, 2.75) is 31.9 Å². The van der Waals surface area contributed by atoms with Gasteiger partial charge in [0, 0.05) is 25.4 Å². The predicted octanol–water partition coefficient (Wildman–Crippen LogP) is 2.73. The first-order valence-corrected chi connectivity index (χ1v) is 6.81. The highest BCUT2D eigenvalue weighted by Gasteiger charge is 2.18. The standard InChI is InChI=1S/C15H24N2O/c1-17-10-4-3-5-15(17)11-16-14-8-6-13(7-9-14)12-18-2/h6-9,15-16H,3-5,10-12H2,1-2H3. The van der Waals surface area contributed by atoms with Crippen molar-refractivity contribution in [3.63, 3.8) is 0 Å². The molecule has 2 rings (SSSR count). The van der Waals surface area contributed by atoms with Gasteiger partial charge >= 0.3 is 0 Å². The maximum atomic E-state index is 5.11. The van der Waals surface area contributed by atoms with Gasteiger partial charge in [0.1, 0.15) is 0 Å². The Morgan fingerprint density at radius 2 is 2.06 bits per heavy atom. The number of anilines is 1. The quantitative estimate of drug-likeness (QED) is 0.867. The molecular formula is C15H24N2O. The van der Waals surface area contributed by atoms with Crippen molar-refractivity contribution in [2.75, 3.05) is 32.6 Å². The van der Waals surface area contributed by atoms with E-state index < -0.39 is 0 Å². The van der Waals surface area contributed by atoms with Crippen LogP contribution in [0.25, 0.3) is 0 Å². The van der Waals surface area contributed by atoms with Crippen molar-refractivity contribution in [3.05, 3.63) is 29.8 Å². The van der Waals surface area contributed by atoms with Crippen LogP contribution in [-0.4, -0.2) is 38.2 Å². The van der Waals surface area contributed by atoms with Crippen molar-refractivity contribution >= 4 is 5.69 Å². The van der Waals surface area contributed by atoms with Gasteiger partial charge in [-0.1, -0.05) is 18.6 Å². The number of benzene rings is 1. The molecule has 1 aliphatic rings. The number of methoxy groups -OCH3 is 1. The number of likely N-dealkylation sites (N-methyl/N-ethyl adjacent to an activating group) is 1. The van der Waals surface area contributed by atoms with Crippen LogP contribution in [0.3, 0.4) is 0 Å². The van der Waals surface area contributed by atoms with E-state index in [2.05, 4.69) is 41.5 Å². The van der Waals surface area contributed by atoms with Crippen molar-refractivity contribution < 1.29 is 4.74 Å². The zero-order valence-corrected chi connectivity index (χ0v) is 11.5. The van der Waals surface area contributed by atoms with E-state index in [1.165, 1.54) is 37.1 Å². The number of nitrogens with zero attached hydrogens (tertiary/aromatic N) is 1. The summed E-state index contributed by atoms with van der Waals surface area (Å²) in [5, 5.41) is 3.53. The molecular weight excluding hydrogens is 224 g/mol. The van der Waals surface area contributed by atoms with Gasteiger partial charge in [-0.3, -0.25) is 0 Å². The predicted molar refractivity (Wildman–Crippen MR) is 75.9 cm³/mol. The largest absolute Gasteiger partial charge is 0.383 e. The van der Waals surface area contributed by atoms with E-state index in [9.17, 15) is 0 Å². The number of rotatable bonds is 5. The summed E-state index contributed by atoms with van der Waals surface area (Å²) in [7, 11) is 3.96. The lowest BCUT2D eigenvalue weighted by molar-refractivity contribution is 0.185. The van der Waals surface area contributed by atoms with E-state index >= 15 is 0 Å². The first-order chi connectivity index (χ1) is 8.79. The molecule has 0 bridgehead atoms. The summed E-state index contributed by atoms with van der Waals surface area (Å²) >= 11 is 0. The second-order valence-corrected chi connectivity index (χ2v) is 5.14. The molecule has 1 aliphatic heterocycles. The van der Waals surface area contributed by atoms with Crippen LogP contribution in [0.1, 0.15) is 24.8 Å². The number of ether oxygens (including phenoxy) is 1. The summed E-state index contributed by atoms with van der Waals surface area (Å²) in [6, 6.07) is 9.19. The molecule has 18 heavy (non-hydrogen) atoms. The minimum Gasteiger partial charge on any atom is -0.383 e. The van der Waals surface area contributed by atoms with E-state index in [0.29, 0.717) is 12.6 Å². The Bertz CT molecular complexity index is 350. The molecule has 0 aromatic heterocycles. The average molecular weight is 248 g/mol. The molecule has 1 heterocycles. The summed E-state index contributed by atoms with van der Waals surface area (Å²) in [5.41, 5.74) is 2.42. The highest BCUT2D eigenvalue weighted by atomic mass is 16.5. The Labute approximate surface area is 110 Å². The monoisotopic (exact) mass is 248 g/mol.